The Morgan fingerprint density at radius 2 is 1.94 bits per heavy atom. The number of halogens is 1. The van der Waals surface area contributed by atoms with Crippen molar-refractivity contribution in [3.05, 3.63) is 65.0 Å². The number of rotatable bonds is 7. The number of hydrogen-bond donors (Lipinski definition) is 1. The third-order valence-corrected chi connectivity index (χ3v) is 6.05. The minimum atomic E-state index is -0.433. The van der Waals surface area contributed by atoms with Crippen LogP contribution >= 0.6 is 11.6 Å². The van der Waals surface area contributed by atoms with E-state index in [-0.39, 0.29) is 24.4 Å². The summed E-state index contributed by atoms with van der Waals surface area (Å²) in [5.41, 5.74) is 1.70. The Kier molecular flexibility index (Phi) is 6.11. The number of aromatic nitrogens is 2. The number of carbonyl (C=O) groups excluding carboxylic acids is 2. The number of hydrogen-bond acceptors (Lipinski definition) is 6. The van der Waals surface area contributed by atoms with Gasteiger partial charge in [-0.05, 0) is 56.0 Å². The molecule has 3 aromatic rings. The first-order chi connectivity index (χ1) is 16.1. The highest BCUT2D eigenvalue weighted by molar-refractivity contribution is 6.33. The molecule has 1 unspecified atom stereocenters. The number of carbonyl (C=O) groups is 2. The zero-order chi connectivity index (χ0) is 22.8. The van der Waals surface area contributed by atoms with Crippen molar-refractivity contribution in [2.24, 2.45) is 0 Å². The van der Waals surface area contributed by atoms with E-state index in [0.29, 0.717) is 46.6 Å². The molecule has 0 spiro atoms. The van der Waals surface area contributed by atoms with Gasteiger partial charge in [0.2, 0.25) is 11.8 Å². The van der Waals surface area contributed by atoms with Crippen molar-refractivity contribution in [2.45, 2.75) is 44.4 Å². The highest BCUT2D eigenvalue weighted by Crippen LogP contribution is 2.31. The summed E-state index contributed by atoms with van der Waals surface area (Å²) in [6, 6.07) is 14.3. The van der Waals surface area contributed by atoms with Gasteiger partial charge >= 0.3 is 0 Å². The molecule has 170 valence electrons. The summed E-state index contributed by atoms with van der Waals surface area (Å²) >= 11 is 6.23. The second-order valence-electron chi connectivity index (χ2n) is 8.22. The average Bonchev–Trinajstić information content (AvgIpc) is 3.31. The van der Waals surface area contributed by atoms with Gasteiger partial charge in [-0.25, -0.2) is 0 Å². The maximum absolute atomic E-state index is 13.3. The summed E-state index contributed by atoms with van der Waals surface area (Å²) in [6.07, 6.45) is 3.00. The Balaban J connectivity index is 1.31. The van der Waals surface area contributed by atoms with Crippen LogP contribution < -0.4 is 5.32 Å². The van der Waals surface area contributed by atoms with Crippen LogP contribution in [0.5, 0.6) is 0 Å². The van der Waals surface area contributed by atoms with E-state index in [1.807, 2.05) is 12.1 Å². The second kappa shape index (κ2) is 9.33. The molecule has 1 aliphatic carbocycles. The normalized spacial score (nSPS) is 17.7. The molecule has 5 rings (SSSR count). The van der Waals surface area contributed by atoms with E-state index in [2.05, 4.69) is 15.5 Å². The third kappa shape index (κ3) is 4.91. The van der Waals surface area contributed by atoms with Crippen molar-refractivity contribution in [3.63, 3.8) is 0 Å². The van der Waals surface area contributed by atoms with E-state index in [9.17, 15) is 9.59 Å². The van der Waals surface area contributed by atoms with Crippen molar-refractivity contribution >= 4 is 29.1 Å². The Labute approximate surface area is 195 Å². The van der Waals surface area contributed by atoms with Gasteiger partial charge in [0, 0.05) is 23.9 Å². The molecule has 2 fully saturated rings. The van der Waals surface area contributed by atoms with Crippen LogP contribution in [-0.2, 0) is 16.1 Å². The molecule has 2 heterocycles. The maximum atomic E-state index is 13.3. The van der Waals surface area contributed by atoms with E-state index >= 15 is 0 Å². The number of nitrogens with zero attached hydrogens (tertiary/aromatic N) is 3. The first-order valence-electron chi connectivity index (χ1n) is 11.0. The lowest BCUT2D eigenvalue weighted by Crippen LogP contribution is -2.33. The third-order valence-electron chi connectivity index (χ3n) is 5.72. The van der Waals surface area contributed by atoms with E-state index in [1.54, 1.807) is 41.3 Å². The Hall–Kier alpha value is -3.23. The van der Waals surface area contributed by atoms with Crippen LogP contribution in [0.2, 0.25) is 5.02 Å². The van der Waals surface area contributed by atoms with E-state index in [0.717, 1.165) is 19.3 Å². The molecule has 33 heavy (non-hydrogen) atoms. The molecule has 2 amide bonds. The Morgan fingerprint density at radius 1 is 1.09 bits per heavy atom. The molecule has 8 nitrogen and oxygen atoms in total. The van der Waals surface area contributed by atoms with E-state index in [1.165, 1.54) is 0 Å². The molecule has 1 saturated carbocycles. The first kappa shape index (κ1) is 21.6. The van der Waals surface area contributed by atoms with Crippen LogP contribution in [0.25, 0.3) is 11.5 Å². The Bertz CT molecular complexity index is 1170. The van der Waals surface area contributed by atoms with Crippen LogP contribution in [0.1, 0.15) is 41.9 Å². The predicted octanol–water partition coefficient (Wildman–Crippen LogP) is 4.31. The number of anilines is 1. The summed E-state index contributed by atoms with van der Waals surface area (Å²) in [5, 5.41) is 11.6. The van der Waals surface area contributed by atoms with Crippen molar-refractivity contribution in [1.29, 1.82) is 0 Å². The predicted molar refractivity (Wildman–Crippen MR) is 122 cm³/mol. The zero-order valence-electron chi connectivity index (χ0n) is 17.9. The fourth-order valence-electron chi connectivity index (χ4n) is 3.86. The van der Waals surface area contributed by atoms with Gasteiger partial charge < -0.3 is 19.4 Å². The number of nitrogens with one attached hydrogen (secondary N) is 1. The van der Waals surface area contributed by atoms with Gasteiger partial charge in [-0.1, -0.05) is 29.8 Å². The lowest BCUT2D eigenvalue weighted by atomic mass is 10.1. The lowest BCUT2D eigenvalue weighted by molar-refractivity contribution is -0.124. The van der Waals surface area contributed by atoms with Crippen LogP contribution in [0.15, 0.2) is 52.9 Å². The van der Waals surface area contributed by atoms with Crippen LogP contribution in [-0.4, -0.2) is 45.7 Å². The van der Waals surface area contributed by atoms with Gasteiger partial charge in [0.15, 0.2) is 0 Å². The van der Waals surface area contributed by atoms with E-state index < -0.39 is 6.10 Å². The van der Waals surface area contributed by atoms with Crippen molar-refractivity contribution < 1.29 is 18.7 Å². The van der Waals surface area contributed by atoms with Gasteiger partial charge in [0.25, 0.3) is 11.8 Å². The highest BCUT2D eigenvalue weighted by Gasteiger charge is 2.34. The van der Waals surface area contributed by atoms with Crippen molar-refractivity contribution in [2.75, 3.05) is 11.9 Å². The average molecular weight is 467 g/mol. The summed E-state index contributed by atoms with van der Waals surface area (Å²) < 4.78 is 11.2. The second-order valence-corrected chi connectivity index (χ2v) is 8.62. The molecule has 1 aliphatic heterocycles. The van der Waals surface area contributed by atoms with Crippen LogP contribution in [0, 0.1) is 0 Å². The molecule has 9 heteroatoms. The largest absolute Gasteiger partial charge is 0.419 e. The fourth-order valence-corrected chi connectivity index (χ4v) is 4.08. The topological polar surface area (TPSA) is 97.6 Å². The minimum absolute atomic E-state index is 0.123. The molecule has 1 atom stereocenters. The quantitative estimate of drug-likeness (QED) is 0.557. The minimum Gasteiger partial charge on any atom is -0.419 e. The van der Waals surface area contributed by atoms with Gasteiger partial charge in [-0.3, -0.25) is 9.59 Å². The van der Waals surface area contributed by atoms with Gasteiger partial charge in [-0.2, -0.15) is 0 Å². The highest BCUT2D eigenvalue weighted by atomic mass is 35.5. The van der Waals surface area contributed by atoms with Gasteiger partial charge in [0.05, 0.1) is 17.1 Å². The SMILES string of the molecule is O=C(Nc1cccc(C(=O)N(Cc2nnc(-c3ccccc3Cl)o2)C2CC2)c1)C1CCCO1. The molecule has 1 N–H and O–H groups in total. The fraction of sp³-hybridized carbons (Fsp3) is 0.333. The maximum Gasteiger partial charge on any atom is 0.254 e. The Morgan fingerprint density at radius 3 is 2.70 bits per heavy atom. The summed E-state index contributed by atoms with van der Waals surface area (Å²) in [4.78, 5) is 27.4. The van der Waals surface area contributed by atoms with Crippen molar-refractivity contribution in [3.8, 4) is 11.5 Å². The monoisotopic (exact) mass is 466 g/mol. The molecular weight excluding hydrogens is 444 g/mol. The summed E-state index contributed by atoms with van der Waals surface area (Å²) in [5.74, 6) is 0.322. The number of ether oxygens (including phenoxy) is 1. The van der Waals surface area contributed by atoms with Crippen LogP contribution in [0.3, 0.4) is 0 Å². The van der Waals surface area contributed by atoms with E-state index in [4.69, 9.17) is 20.8 Å². The first-order valence-corrected chi connectivity index (χ1v) is 11.4. The molecule has 0 radical (unpaired) electrons. The van der Waals surface area contributed by atoms with Crippen LogP contribution in [0.4, 0.5) is 5.69 Å². The molecule has 1 saturated heterocycles. The number of benzene rings is 2. The van der Waals surface area contributed by atoms with Gasteiger partial charge in [-0.15, -0.1) is 10.2 Å². The molecule has 2 aromatic carbocycles. The standard InChI is InChI=1S/C24H23ClN4O4/c25-19-8-2-1-7-18(19)23-28-27-21(33-23)14-29(17-10-11-17)24(31)15-5-3-6-16(13-15)26-22(30)20-9-4-12-32-20/h1-3,5-8,13,17,20H,4,9-12,14H2,(H,26,30). The molecule has 0 bridgehead atoms. The van der Waals surface area contributed by atoms with Gasteiger partial charge in [0.1, 0.15) is 6.10 Å². The molecular formula is C24H23ClN4O4. The van der Waals surface area contributed by atoms with Crippen molar-refractivity contribution in [1.82, 2.24) is 15.1 Å². The lowest BCUT2D eigenvalue weighted by Gasteiger charge is -2.21. The number of amides is 2. The zero-order valence-corrected chi connectivity index (χ0v) is 18.6. The molecule has 1 aromatic heterocycles. The summed E-state index contributed by atoms with van der Waals surface area (Å²) in [7, 11) is 0. The molecule has 2 aliphatic rings. The smallest absolute Gasteiger partial charge is 0.254 e. The summed E-state index contributed by atoms with van der Waals surface area (Å²) in [6.45, 7) is 0.800.